The minimum absolute atomic E-state index is 0.233. The molecule has 5 rings (SSSR count). The Morgan fingerprint density at radius 2 is 1.80 bits per heavy atom. The summed E-state index contributed by atoms with van der Waals surface area (Å²) in [5, 5.41) is 0. The molecule has 0 aromatic heterocycles. The Labute approximate surface area is 207 Å². The minimum atomic E-state index is -3.74. The van der Waals surface area contributed by atoms with E-state index in [2.05, 4.69) is 10.8 Å². The van der Waals surface area contributed by atoms with Crippen molar-refractivity contribution < 1.29 is 17.9 Å². The van der Waals surface area contributed by atoms with E-state index in [4.69, 9.17) is 9.47 Å². The van der Waals surface area contributed by atoms with E-state index in [1.54, 1.807) is 24.3 Å². The van der Waals surface area contributed by atoms with Gasteiger partial charge in [-0.05, 0) is 86.9 Å². The van der Waals surface area contributed by atoms with Gasteiger partial charge in [0.1, 0.15) is 23.7 Å². The first-order chi connectivity index (χ1) is 16.6. The maximum Gasteiger partial charge on any atom is 0.261 e. The van der Waals surface area contributed by atoms with Crippen LogP contribution in [0.1, 0.15) is 48.6 Å². The topological polar surface area (TPSA) is 64.6 Å². The summed E-state index contributed by atoms with van der Waals surface area (Å²) in [6, 6.07) is 16.7. The first-order valence-corrected chi connectivity index (χ1v) is 13.2. The molecule has 0 unspecified atom stereocenters. The van der Waals surface area contributed by atoms with Gasteiger partial charge in [-0.25, -0.2) is 8.42 Å². The molecule has 3 aromatic carbocycles. The van der Waals surface area contributed by atoms with Crippen LogP contribution in [-0.2, 0) is 16.4 Å². The van der Waals surface area contributed by atoms with Crippen molar-refractivity contribution in [2.75, 3.05) is 11.3 Å². The highest BCUT2D eigenvalue weighted by molar-refractivity contribution is 7.92. The maximum atomic E-state index is 13.2. The highest BCUT2D eigenvalue weighted by Gasteiger charge is 2.27. The van der Waals surface area contributed by atoms with E-state index in [1.807, 2.05) is 70.2 Å². The van der Waals surface area contributed by atoms with Gasteiger partial charge in [-0.15, -0.1) is 0 Å². The normalized spacial score (nSPS) is 15.8. The van der Waals surface area contributed by atoms with Crippen LogP contribution in [0.4, 0.5) is 5.69 Å². The molecule has 0 fully saturated rings. The molecule has 2 aliphatic rings. The summed E-state index contributed by atoms with van der Waals surface area (Å²) in [5.41, 5.74) is 5.81. The summed E-state index contributed by atoms with van der Waals surface area (Å²) < 4.78 is 41.5. The zero-order chi connectivity index (χ0) is 24.8. The molecular formula is C29H29NO4S. The number of rotatable bonds is 5. The molecule has 0 saturated carbocycles. The van der Waals surface area contributed by atoms with Crippen LogP contribution in [0, 0.1) is 6.92 Å². The second-order valence-corrected chi connectivity index (χ2v) is 11.2. The van der Waals surface area contributed by atoms with E-state index in [-0.39, 0.29) is 10.5 Å². The molecule has 0 radical (unpaired) electrons. The second-order valence-electron chi connectivity index (χ2n) is 9.54. The van der Waals surface area contributed by atoms with Gasteiger partial charge in [0.25, 0.3) is 10.0 Å². The quantitative estimate of drug-likeness (QED) is 0.448. The Kier molecular flexibility index (Phi) is 5.72. The first-order valence-electron chi connectivity index (χ1n) is 11.8. The number of aryl methyl sites for hydroxylation is 2. The van der Waals surface area contributed by atoms with Crippen molar-refractivity contribution in [1.29, 1.82) is 0 Å². The SMILES string of the molecule is CCc1ccc(C2=Cc3ccc4c(c3OC2)C=CC(C)(C)O4)c(NS(=O)(=O)c2ccc(C)cc2)c1. The Morgan fingerprint density at radius 1 is 1.03 bits per heavy atom. The number of hydrogen-bond acceptors (Lipinski definition) is 4. The second kappa shape index (κ2) is 8.61. The summed E-state index contributed by atoms with van der Waals surface area (Å²) in [5.74, 6) is 1.58. The van der Waals surface area contributed by atoms with Crippen molar-refractivity contribution in [3.05, 3.63) is 88.5 Å². The summed E-state index contributed by atoms with van der Waals surface area (Å²) in [6.07, 6.45) is 6.94. The van der Waals surface area contributed by atoms with Crippen LogP contribution in [0.5, 0.6) is 11.5 Å². The number of sulfonamides is 1. The van der Waals surface area contributed by atoms with Gasteiger partial charge < -0.3 is 9.47 Å². The molecule has 0 aliphatic carbocycles. The van der Waals surface area contributed by atoms with E-state index in [9.17, 15) is 8.42 Å². The Balaban J connectivity index is 1.54. The fraction of sp³-hybridized carbons (Fsp3) is 0.241. The monoisotopic (exact) mass is 487 g/mol. The summed E-state index contributed by atoms with van der Waals surface area (Å²) in [6.45, 7) is 8.34. The molecule has 2 heterocycles. The fourth-order valence-electron chi connectivity index (χ4n) is 4.35. The average Bonchev–Trinajstić information content (AvgIpc) is 2.83. The molecule has 6 heteroatoms. The summed E-state index contributed by atoms with van der Waals surface area (Å²) in [4.78, 5) is 0.233. The molecule has 1 N–H and O–H groups in total. The number of hydrogen-bond donors (Lipinski definition) is 1. The van der Waals surface area contributed by atoms with E-state index < -0.39 is 10.0 Å². The van der Waals surface area contributed by atoms with Crippen LogP contribution in [0.3, 0.4) is 0 Å². The molecule has 0 atom stereocenters. The van der Waals surface area contributed by atoms with Crippen molar-refractivity contribution in [3.8, 4) is 11.5 Å². The molecule has 0 bridgehead atoms. The largest absolute Gasteiger partial charge is 0.487 e. The van der Waals surface area contributed by atoms with Gasteiger partial charge in [0.2, 0.25) is 0 Å². The summed E-state index contributed by atoms with van der Waals surface area (Å²) in [7, 11) is -3.74. The lowest BCUT2D eigenvalue weighted by molar-refractivity contribution is 0.158. The summed E-state index contributed by atoms with van der Waals surface area (Å²) >= 11 is 0. The van der Waals surface area contributed by atoms with Gasteiger partial charge in [0.05, 0.1) is 16.1 Å². The predicted octanol–water partition coefficient (Wildman–Crippen LogP) is 6.48. The highest BCUT2D eigenvalue weighted by Crippen LogP contribution is 2.43. The standard InChI is InChI=1S/C29H29NO4S/c1-5-20-8-12-24(26(16-20)30-35(31,32)23-10-6-19(2)7-11-23)22-17-21-9-13-27-25(28(21)33-18-22)14-15-29(3,4)34-27/h6-17,30H,5,18H2,1-4H3. The molecule has 35 heavy (non-hydrogen) atoms. The van der Waals surface area contributed by atoms with Crippen LogP contribution in [-0.4, -0.2) is 20.6 Å². The van der Waals surface area contributed by atoms with Crippen LogP contribution in [0.2, 0.25) is 0 Å². The van der Waals surface area contributed by atoms with Crippen molar-refractivity contribution >= 4 is 33.4 Å². The lowest BCUT2D eigenvalue weighted by Crippen LogP contribution is -2.27. The third-order valence-electron chi connectivity index (χ3n) is 6.33. The van der Waals surface area contributed by atoms with Gasteiger partial charge in [-0.2, -0.15) is 0 Å². The van der Waals surface area contributed by atoms with Gasteiger partial charge in [0, 0.05) is 11.1 Å². The smallest absolute Gasteiger partial charge is 0.261 e. The minimum Gasteiger partial charge on any atom is -0.487 e. The van der Waals surface area contributed by atoms with Crippen molar-refractivity contribution in [1.82, 2.24) is 0 Å². The number of benzene rings is 3. The molecule has 180 valence electrons. The Bertz CT molecular complexity index is 1470. The molecule has 5 nitrogen and oxygen atoms in total. The Morgan fingerprint density at radius 3 is 2.54 bits per heavy atom. The molecule has 0 saturated heterocycles. The fourth-order valence-corrected chi connectivity index (χ4v) is 5.42. The lowest BCUT2D eigenvalue weighted by Gasteiger charge is -2.30. The number of ether oxygens (including phenoxy) is 2. The number of fused-ring (bicyclic) bond motifs is 3. The van der Waals surface area contributed by atoms with Crippen LogP contribution in [0.15, 0.2) is 65.6 Å². The maximum absolute atomic E-state index is 13.2. The number of nitrogens with one attached hydrogen (secondary N) is 1. The highest BCUT2D eigenvalue weighted by atomic mass is 32.2. The van der Waals surface area contributed by atoms with E-state index >= 15 is 0 Å². The third-order valence-corrected chi connectivity index (χ3v) is 7.71. The number of anilines is 1. The predicted molar refractivity (Wildman–Crippen MR) is 141 cm³/mol. The zero-order valence-corrected chi connectivity index (χ0v) is 21.2. The molecule has 2 aliphatic heterocycles. The van der Waals surface area contributed by atoms with Crippen LogP contribution >= 0.6 is 0 Å². The lowest BCUT2D eigenvalue weighted by atomic mass is 9.94. The van der Waals surface area contributed by atoms with Crippen molar-refractivity contribution in [2.45, 2.75) is 44.6 Å². The molecule has 3 aromatic rings. The zero-order valence-electron chi connectivity index (χ0n) is 20.4. The first kappa shape index (κ1) is 23.2. The Hall–Kier alpha value is -3.51. The van der Waals surface area contributed by atoms with E-state index in [1.165, 1.54) is 0 Å². The van der Waals surface area contributed by atoms with E-state index in [0.717, 1.165) is 51.3 Å². The average molecular weight is 488 g/mol. The van der Waals surface area contributed by atoms with Crippen molar-refractivity contribution in [3.63, 3.8) is 0 Å². The third kappa shape index (κ3) is 4.58. The van der Waals surface area contributed by atoms with Crippen molar-refractivity contribution in [2.24, 2.45) is 0 Å². The molecule has 0 amide bonds. The molecular weight excluding hydrogens is 458 g/mol. The van der Waals surface area contributed by atoms with Gasteiger partial charge in [-0.3, -0.25) is 4.72 Å². The van der Waals surface area contributed by atoms with Gasteiger partial charge in [0.15, 0.2) is 0 Å². The van der Waals surface area contributed by atoms with Gasteiger partial charge >= 0.3 is 0 Å². The van der Waals surface area contributed by atoms with Crippen LogP contribution in [0.25, 0.3) is 17.7 Å². The van der Waals surface area contributed by atoms with Crippen LogP contribution < -0.4 is 14.2 Å². The molecule has 0 spiro atoms. The van der Waals surface area contributed by atoms with E-state index in [0.29, 0.717) is 12.3 Å². The van der Waals surface area contributed by atoms with Gasteiger partial charge in [-0.1, -0.05) is 36.8 Å².